The van der Waals surface area contributed by atoms with E-state index in [0.29, 0.717) is 6.61 Å². The average Bonchev–Trinajstić information content (AvgIpc) is 2.21. The molecule has 0 aliphatic carbocycles. The van der Waals surface area contributed by atoms with Gasteiger partial charge in [0.15, 0.2) is 0 Å². The second-order valence-electron chi connectivity index (χ2n) is 6.91. The van der Waals surface area contributed by atoms with Crippen LogP contribution in [-0.2, 0) is 14.3 Å². The molecule has 0 aromatic heterocycles. The molecule has 0 radical (unpaired) electrons. The Kier molecular flexibility index (Phi) is 7.22. The molecule has 0 rings (SSSR count). The van der Waals surface area contributed by atoms with Crippen LogP contribution in [0, 0.1) is 0 Å². The van der Waals surface area contributed by atoms with Crippen LogP contribution in [0.3, 0.4) is 0 Å². The molecule has 0 aromatic rings. The van der Waals surface area contributed by atoms with Crippen molar-refractivity contribution in [2.24, 2.45) is 5.73 Å². The number of alkyl carbamates (subject to hydrolysis) is 1. The van der Waals surface area contributed by atoms with E-state index in [1.165, 1.54) is 0 Å². The van der Waals surface area contributed by atoms with Crippen molar-refractivity contribution in [2.75, 3.05) is 13.2 Å². The standard InChI is InChI=1S/C13H28N2O4Si/c1-13(2,3)19-12(17)15-10(9-14)11(16)18-7-8-20(4,5)6/h10H,7-9,14H2,1-6H3,(H,15,17). The highest BCUT2D eigenvalue weighted by molar-refractivity contribution is 6.76. The van der Waals surface area contributed by atoms with E-state index in [2.05, 4.69) is 25.0 Å². The highest BCUT2D eigenvalue weighted by Crippen LogP contribution is 2.09. The second-order valence-corrected chi connectivity index (χ2v) is 12.5. The quantitative estimate of drug-likeness (QED) is 0.576. The smallest absolute Gasteiger partial charge is 0.408 e. The summed E-state index contributed by atoms with van der Waals surface area (Å²) in [5.41, 5.74) is 4.86. The van der Waals surface area contributed by atoms with E-state index in [-0.39, 0.29) is 6.54 Å². The van der Waals surface area contributed by atoms with Gasteiger partial charge in [0.05, 0.1) is 6.61 Å². The zero-order chi connectivity index (χ0) is 16.0. The SMILES string of the molecule is CC(C)(C)OC(=O)NC(CN)C(=O)OCC[Si](C)(C)C. The molecular weight excluding hydrogens is 276 g/mol. The number of nitrogens with one attached hydrogen (secondary N) is 1. The number of nitrogens with two attached hydrogens (primary N) is 1. The van der Waals surface area contributed by atoms with Gasteiger partial charge in [0, 0.05) is 14.6 Å². The van der Waals surface area contributed by atoms with Crippen molar-refractivity contribution in [3.63, 3.8) is 0 Å². The van der Waals surface area contributed by atoms with Crippen LogP contribution in [0.2, 0.25) is 25.7 Å². The van der Waals surface area contributed by atoms with Gasteiger partial charge in [-0.15, -0.1) is 0 Å². The fraction of sp³-hybridized carbons (Fsp3) is 0.846. The van der Waals surface area contributed by atoms with Crippen LogP contribution in [0.5, 0.6) is 0 Å². The topological polar surface area (TPSA) is 90.6 Å². The van der Waals surface area contributed by atoms with E-state index < -0.39 is 31.8 Å². The van der Waals surface area contributed by atoms with Gasteiger partial charge >= 0.3 is 12.1 Å². The summed E-state index contributed by atoms with van der Waals surface area (Å²) in [6, 6.07) is 0.00845. The van der Waals surface area contributed by atoms with E-state index in [9.17, 15) is 9.59 Å². The summed E-state index contributed by atoms with van der Waals surface area (Å²) in [6.07, 6.45) is -0.671. The minimum atomic E-state index is -1.25. The molecule has 0 saturated heterocycles. The van der Waals surface area contributed by atoms with E-state index in [0.717, 1.165) is 6.04 Å². The van der Waals surface area contributed by atoms with Crippen LogP contribution in [0.25, 0.3) is 0 Å². The number of rotatable bonds is 6. The van der Waals surface area contributed by atoms with Gasteiger partial charge in [-0.25, -0.2) is 9.59 Å². The Labute approximate surface area is 122 Å². The van der Waals surface area contributed by atoms with Gasteiger partial charge in [0.1, 0.15) is 11.6 Å². The van der Waals surface area contributed by atoms with Crippen LogP contribution < -0.4 is 11.1 Å². The van der Waals surface area contributed by atoms with Crippen molar-refractivity contribution in [2.45, 2.75) is 58.1 Å². The van der Waals surface area contributed by atoms with Crippen molar-refractivity contribution >= 4 is 20.1 Å². The lowest BCUT2D eigenvalue weighted by Gasteiger charge is -2.22. The van der Waals surface area contributed by atoms with Crippen molar-refractivity contribution in [1.82, 2.24) is 5.32 Å². The highest BCUT2D eigenvalue weighted by Gasteiger charge is 2.24. The summed E-state index contributed by atoms with van der Waals surface area (Å²) in [5, 5.41) is 2.42. The lowest BCUT2D eigenvalue weighted by atomic mass is 10.2. The van der Waals surface area contributed by atoms with E-state index in [4.69, 9.17) is 15.2 Å². The molecule has 0 bridgehead atoms. The molecule has 6 nitrogen and oxygen atoms in total. The normalized spacial score (nSPS) is 13.6. The Morgan fingerprint density at radius 3 is 2.20 bits per heavy atom. The number of carbonyl (C=O) groups excluding carboxylic acids is 2. The van der Waals surface area contributed by atoms with Crippen LogP contribution in [0.4, 0.5) is 4.79 Å². The maximum atomic E-state index is 11.8. The largest absolute Gasteiger partial charge is 0.464 e. The highest BCUT2D eigenvalue weighted by atomic mass is 28.3. The Balaban J connectivity index is 4.25. The molecule has 1 unspecified atom stereocenters. The first-order valence-corrected chi connectivity index (χ1v) is 10.5. The van der Waals surface area contributed by atoms with Gasteiger partial charge in [-0.2, -0.15) is 0 Å². The molecule has 1 amide bonds. The van der Waals surface area contributed by atoms with Gasteiger partial charge in [-0.1, -0.05) is 19.6 Å². The third kappa shape index (κ3) is 9.80. The molecule has 0 heterocycles. The monoisotopic (exact) mass is 304 g/mol. The number of esters is 1. The summed E-state index contributed by atoms with van der Waals surface area (Å²) in [5.74, 6) is -0.517. The van der Waals surface area contributed by atoms with Crippen molar-refractivity contribution in [3.8, 4) is 0 Å². The van der Waals surface area contributed by atoms with Gasteiger partial charge in [0.2, 0.25) is 0 Å². The van der Waals surface area contributed by atoms with Crippen LogP contribution in [0.15, 0.2) is 0 Å². The zero-order valence-electron chi connectivity index (χ0n) is 13.4. The number of carbonyl (C=O) groups is 2. The predicted molar refractivity (Wildman–Crippen MR) is 81.3 cm³/mol. The van der Waals surface area contributed by atoms with E-state index >= 15 is 0 Å². The maximum absolute atomic E-state index is 11.8. The lowest BCUT2D eigenvalue weighted by Crippen LogP contribution is -2.48. The molecule has 0 saturated carbocycles. The summed E-state index contributed by atoms with van der Waals surface area (Å²) in [4.78, 5) is 23.4. The van der Waals surface area contributed by atoms with E-state index in [1.807, 2.05) is 0 Å². The summed E-state index contributed by atoms with van der Waals surface area (Å²) in [7, 11) is -1.25. The number of hydrogen-bond donors (Lipinski definition) is 2. The first-order valence-electron chi connectivity index (χ1n) is 6.81. The number of amides is 1. The Bertz CT molecular complexity index is 334. The van der Waals surface area contributed by atoms with Crippen LogP contribution in [-0.4, -0.2) is 44.9 Å². The third-order valence-electron chi connectivity index (χ3n) is 2.31. The summed E-state index contributed by atoms with van der Waals surface area (Å²) < 4.78 is 10.2. The van der Waals surface area contributed by atoms with Gasteiger partial charge < -0.3 is 20.5 Å². The molecule has 20 heavy (non-hydrogen) atoms. The fourth-order valence-electron chi connectivity index (χ4n) is 1.22. The van der Waals surface area contributed by atoms with Crippen LogP contribution in [0.1, 0.15) is 20.8 Å². The molecule has 7 heteroatoms. The average molecular weight is 304 g/mol. The number of ether oxygens (including phenoxy) is 2. The summed E-state index contributed by atoms with van der Waals surface area (Å²) >= 11 is 0. The van der Waals surface area contributed by atoms with Gasteiger partial charge in [-0.3, -0.25) is 0 Å². The second kappa shape index (κ2) is 7.63. The van der Waals surface area contributed by atoms with Crippen molar-refractivity contribution < 1.29 is 19.1 Å². The maximum Gasteiger partial charge on any atom is 0.408 e. The summed E-state index contributed by atoms with van der Waals surface area (Å²) in [6.45, 7) is 12.2. The first kappa shape index (κ1) is 18.9. The predicted octanol–water partition coefficient (Wildman–Crippen LogP) is 1.72. The Hall–Kier alpha value is -1.08. The Morgan fingerprint density at radius 2 is 1.80 bits per heavy atom. The minimum absolute atomic E-state index is 0.0228. The molecule has 118 valence electrons. The van der Waals surface area contributed by atoms with Gasteiger partial charge in [-0.05, 0) is 26.8 Å². The van der Waals surface area contributed by atoms with Crippen LogP contribution >= 0.6 is 0 Å². The molecule has 0 fully saturated rings. The molecule has 1 atom stereocenters. The van der Waals surface area contributed by atoms with E-state index in [1.54, 1.807) is 20.8 Å². The molecule has 3 N–H and O–H groups in total. The Morgan fingerprint density at radius 1 is 1.25 bits per heavy atom. The first-order chi connectivity index (χ1) is 8.94. The van der Waals surface area contributed by atoms with Crippen molar-refractivity contribution in [3.05, 3.63) is 0 Å². The van der Waals surface area contributed by atoms with Crippen molar-refractivity contribution in [1.29, 1.82) is 0 Å². The zero-order valence-corrected chi connectivity index (χ0v) is 14.4. The molecule has 0 aliphatic heterocycles. The third-order valence-corrected chi connectivity index (χ3v) is 4.01. The molecule has 0 aliphatic rings. The molecular formula is C13H28N2O4Si. The lowest BCUT2D eigenvalue weighted by molar-refractivity contribution is -0.145. The molecule has 0 aromatic carbocycles. The molecule has 0 spiro atoms. The number of hydrogen-bond acceptors (Lipinski definition) is 5. The fourth-order valence-corrected chi connectivity index (χ4v) is 1.94. The van der Waals surface area contributed by atoms with Gasteiger partial charge in [0.25, 0.3) is 0 Å². The minimum Gasteiger partial charge on any atom is -0.464 e.